The molecule has 1 atom stereocenters. The molecule has 0 fully saturated rings. The molecule has 0 aromatic carbocycles. The van der Waals surface area contributed by atoms with Crippen LogP contribution in [0.4, 0.5) is 0 Å². The maximum atomic E-state index is 11.0. The fraction of sp³-hybridized carbons (Fsp3) is 0.800. The molecular formula is C10H17NO2. The van der Waals surface area contributed by atoms with Gasteiger partial charge in [0, 0.05) is 6.42 Å². The van der Waals surface area contributed by atoms with Crippen LogP contribution >= 0.6 is 0 Å². The van der Waals surface area contributed by atoms with Gasteiger partial charge >= 0.3 is 5.97 Å². The minimum atomic E-state index is -0.757. The summed E-state index contributed by atoms with van der Waals surface area (Å²) in [5.74, 6) is -0.650. The van der Waals surface area contributed by atoms with Crippen molar-refractivity contribution in [2.75, 3.05) is 6.54 Å². The predicted octanol–water partition coefficient (Wildman–Crippen LogP) is 2.43. The summed E-state index contributed by atoms with van der Waals surface area (Å²) in [7, 11) is 0. The fourth-order valence-electron chi connectivity index (χ4n) is 1.17. The van der Waals surface area contributed by atoms with Gasteiger partial charge < -0.3 is 9.95 Å². The normalized spacial score (nSPS) is 15.0. The van der Waals surface area contributed by atoms with Crippen molar-refractivity contribution in [1.29, 1.82) is 0 Å². The van der Waals surface area contributed by atoms with Gasteiger partial charge in [-0.15, -0.1) is 0 Å². The topological polar surface area (TPSA) is 41.7 Å². The number of carbonyl (C=O) groups is 1. The van der Waals surface area contributed by atoms with Gasteiger partial charge in [0.15, 0.2) is 0 Å². The van der Waals surface area contributed by atoms with E-state index in [0.717, 1.165) is 0 Å². The molecular weight excluding hydrogens is 166 g/mol. The number of rotatable bonds is 5. The SMILES string of the molecule is [C-]#[N+]CCC[C@](C)(C(=O)O)C(C)C. The molecule has 3 nitrogen and oxygen atoms in total. The number of aliphatic carboxylic acids is 1. The highest BCUT2D eigenvalue weighted by molar-refractivity contribution is 5.74. The lowest BCUT2D eigenvalue weighted by atomic mass is 9.75. The van der Waals surface area contributed by atoms with E-state index in [1.54, 1.807) is 6.92 Å². The smallest absolute Gasteiger partial charge is 0.309 e. The monoisotopic (exact) mass is 183 g/mol. The maximum absolute atomic E-state index is 11.0. The average molecular weight is 183 g/mol. The standard InChI is InChI=1S/C10H17NO2/c1-8(2)10(3,9(12)13)6-5-7-11-4/h8H,5-7H2,1-3H3,(H,12,13)/t10-/m0/s1. The molecule has 0 aromatic heterocycles. The van der Waals surface area contributed by atoms with Crippen molar-refractivity contribution in [3.63, 3.8) is 0 Å². The first-order chi connectivity index (χ1) is 5.95. The molecule has 0 heterocycles. The summed E-state index contributed by atoms with van der Waals surface area (Å²) in [6, 6.07) is 0. The molecule has 74 valence electrons. The number of nitrogens with zero attached hydrogens (tertiary/aromatic N) is 1. The van der Waals surface area contributed by atoms with E-state index in [2.05, 4.69) is 4.85 Å². The minimum Gasteiger partial charge on any atom is -0.481 e. The molecule has 0 amide bonds. The Morgan fingerprint density at radius 2 is 2.15 bits per heavy atom. The van der Waals surface area contributed by atoms with Crippen LogP contribution in [0.3, 0.4) is 0 Å². The molecule has 0 aliphatic rings. The molecule has 0 radical (unpaired) electrons. The van der Waals surface area contributed by atoms with Gasteiger partial charge in [-0.1, -0.05) is 13.8 Å². The number of carboxylic acids is 1. The number of hydrogen-bond acceptors (Lipinski definition) is 1. The Morgan fingerprint density at radius 3 is 2.46 bits per heavy atom. The van der Waals surface area contributed by atoms with Crippen LogP contribution in [0.2, 0.25) is 0 Å². The summed E-state index contributed by atoms with van der Waals surface area (Å²) in [5.41, 5.74) is -0.676. The molecule has 0 saturated heterocycles. The van der Waals surface area contributed by atoms with Crippen molar-refractivity contribution < 1.29 is 9.90 Å². The molecule has 3 heteroatoms. The number of hydrogen-bond donors (Lipinski definition) is 1. The zero-order valence-corrected chi connectivity index (χ0v) is 8.50. The van der Waals surface area contributed by atoms with E-state index in [1.807, 2.05) is 13.8 Å². The molecule has 0 spiro atoms. The van der Waals surface area contributed by atoms with Gasteiger partial charge in [0.25, 0.3) is 0 Å². The van der Waals surface area contributed by atoms with Gasteiger partial charge in [-0.05, 0) is 19.3 Å². The number of carboxylic acid groups (broad SMARTS) is 1. The maximum Gasteiger partial charge on any atom is 0.309 e. The Hall–Kier alpha value is -1.04. The molecule has 0 unspecified atom stereocenters. The molecule has 0 bridgehead atoms. The van der Waals surface area contributed by atoms with Crippen LogP contribution in [0.1, 0.15) is 33.6 Å². The van der Waals surface area contributed by atoms with E-state index in [0.29, 0.717) is 19.4 Å². The largest absolute Gasteiger partial charge is 0.481 e. The van der Waals surface area contributed by atoms with Gasteiger partial charge in [-0.2, -0.15) is 0 Å². The molecule has 0 aliphatic heterocycles. The lowest BCUT2D eigenvalue weighted by molar-refractivity contribution is -0.151. The minimum absolute atomic E-state index is 0.107. The summed E-state index contributed by atoms with van der Waals surface area (Å²) in [6.45, 7) is 12.6. The van der Waals surface area contributed by atoms with Crippen LogP contribution in [0, 0.1) is 17.9 Å². The third kappa shape index (κ3) is 3.06. The third-order valence-electron chi connectivity index (χ3n) is 2.73. The van der Waals surface area contributed by atoms with E-state index in [1.165, 1.54) is 0 Å². The Labute approximate surface area is 79.6 Å². The summed E-state index contributed by atoms with van der Waals surface area (Å²) in [6.07, 6.45) is 1.26. The summed E-state index contributed by atoms with van der Waals surface area (Å²) < 4.78 is 0. The second-order valence-electron chi connectivity index (χ2n) is 3.86. The highest BCUT2D eigenvalue weighted by Crippen LogP contribution is 2.32. The molecule has 1 N–H and O–H groups in total. The lowest BCUT2D eigenvalue weighted by Crippen LogP contribution is -2.33. The Balaban J connectivity index is 4.27. The first-order valence-electron chi connectivity index (χ1n) is 4.51. The zero-order chi connectivity index (χ0) is 10.5. The van der Waals surface area contributed by atoms with Gasteiger partial charge in [0.2, 0.25) is 6.54 Å². The molecule has 0 rings (SSSR count). The van der Waals surface area contributed by atoms with Crippen molar-refractivity contribution in [2.24, 2.45) is 11.3 Å². The molecule has 0 aliphatic carbocycles. The van der Waals surface area contributed by atoms with Crippen molar-refractivity contribution in [2.45, 2.75) is 33.6 Å². The third-order valence-corrected chi connectivity index (χ3v) is 2.73. The predicted molar refractivity (Wildman–Crippen MR) is 51.3 cm³/mol. The highest BCUT2D eigenvalue weighted by atomic mass is 16.4. The van der Waals surface area contributed by atoms with E-state index < -0.39 is 11.4 Å². The van der Waals surface area contributed by atoms with E-state index >= 15 is 0 Å². The molecule has 0 aromatic rings. The zero-order valence-electron chi connectivity index (χ0n) is 8.50. The van der Waals surface area contributed by atoms with Crippen LogP contribution in [-0.2, 0) is 4.79 Å². The first-order valence-corrected chi connectivity index (χ1v) is 4.51. The average Bonchev–Trinajstić information content (AvgIpc) is 2.03. The van der Waals surface area contributed by atoms with Crippen LogP contribution in [-0.4, -0.2) is 17.6 Å². The van der Waals surface area contributed by atoms with Crippen LogP contribution in [0.25, 0.3) is 4.85 Å². The summed E-state index contributed by atoms with van der Waals surface area (Å²) >= 11 is 0. The Morgan fingerprint density at radius 1 is 1.62 bits per heavy atom. The molecule has 13 heavy (non-hydrogen) atoms. The van der Waals surface area contributed by atoms with Crippen LogP contribution < -0.4 is 0 Å². The summed E-state index contributed by atoms with van der Waals surface area (Å²) in [4.78, 5) is 14.2. The van der Waals surface area contributed by atoms with Gasteiger partial charge in [0.1, 0.15) is 0 Å². The fourth-order valence-corrected chi connectivity index (χ4v) is 1.17. The van der Waals surface area contributed by atoms with Gasteiger partial charge in [0.05, 0.1) is 5.41 Å². The summed E-state index contributed by atoms with van der Waals surface area (Å²) in [5, 5.41) is 9.02. The van der Waals surface area contributed by atoms with Crippen molar-refractivity contribution in [3.05, 3.63) is 11.4 Å². The van der Waals surface area contributed by atoms with Crippen molar-refractivity contribution >= 4 is 5.97 Å². The second kappa shape index (κ2) is 4.86. The Kier molecular flexibility index (Phi) is 4.47. The van der Waals surface area contributed by atoms with E-state index in [4.69, 9.17) is 11.7 Å². The van der Waals surface area contributed by atoms with E-state index in [-0.39, 0.29) is 5.92 Å². The molecule has 0 saturated carbocycles. The lowest BCUT2D eigenvalue weighted by Gasteiger charge is -2.28. The van der Waals surface area contributed by atoms with Gasteiger partial charge in [-0.3, -0.25) is 4.79 Å². The Bertz CT molecular complexity index is 217. The highest BCUT2D eigenvalue weighted by Gasteiger charge is 2.36. The van der Waals surface area contributed by atoms with Crippen molar-refractivity contribution in [3.8, 4) is 0 Å². The van der Waals surface area contributed by atoms with Crippen LogP contribution in [0.15, 0.2) is 0 Å². The first kappa shape index (κ1) is 12.0. The van der Waals surface area contributed by atoms with Crippen molar-refractivity contribution in [1.82, 2.24) is 0 Å². The van der Waals surface area contributed by atoms with Gasteiger partial charge in [-0.25, -0.2) is 6.57 Å². The second-order valence-corrected chi connectivity index (χ2v) is 3.86. The quantitative estimate of drug-likeness (QED) is 0.525. The van der Waals surface area contributed by atoms with Crippen LogP contribution in [0.5, 0.6) is 0 Å². The van der Waals surface area contributed by atoms with E-state index in [9.17, 15) is 4.79 Å².